The van der Waals surface area contributed by atoms with Crippen LogP contribution in [0.5, 0.6) is 0 Å². The fraction of sp³-hybridized carbons (Fsp3) is 0.700. The fourth-order valence-corrected chi connectivity index (χ4v) is 2.71. The number of nitrogens with zero attached hydrogens (tertiary/aromatic N) is 1. The molecular formula is C10H15NO3S2. The van der Waals surface area contributed by atoms with Crippen LogP contribution in [0, 0.1) is 0 Å². The Bertz CT molecular complexity index is 286. The maximum absolute atomic E-state index is 11.3. The van der Waals surface area contributed by atoms with Crippen LogP contribution in [-0.4, -0.2) is 52.3 Å². The molecule has 1 aliphatic rings. The summed E-state index contributed by atoms with van der Waals surface area (Å²) in [4.78, 5) is 24.5. The van der Waals surface area contributed by atoms with Gasteiger partial charge in [-0.3, -0.25) is 9.59 Å². The summed E-state index contributed by atoms with van der Waals surface area (Å²) in [5.74, 6) is -0.291. The topological polar surface area (TPSA) is 46.6 Å². The van der Waals surface area contributed by atoms with Crippen molar-refractivity contribution in [3.05, 3.63) is 0 Å². The minimum atomic E-state index is -0.657. The number of ketones is 2. The Balaban J connectivity index is 2.53. The van der Waals surface area contributed by atoms with E-state index in [4.69, 9.17) is 17.0 Å². The Hall–Kier alpha value is -0.460. The van der Waals surface area contributed by atoms with Gasteiger partial charge < -0.3 is 9.64 Å². The Kier molecular flexibility index (Phi) is 5.37. The molecule has 1 saturated heterocycles. The molecule has 0 aromatic rings. The number of Topliss-reactive ketones (excluding diaryl/α,β-unsaturated/α-hetero) is 2. The molecule has 0 radical (unpaired) electrons. The van der Waals surface area contributed by atoms with Crippen molar-refractivity contribution in [3.8, 4) is 0 Å². The molecule has 6 heteroatoms. The van der Waals surface area contributed by atoms with E-state index in [9.17, 15) is 9.59 Å². The van der Waals surface area contributed by atoms with E-state index in [1.54, 1.807) is 0 Å². The molecule has 0 saturated carbocycles. The molecule has 90 valence electrons. The van der Waals surface area contributed by atoms with Gasteiger partial charge in [-0.15, -0.1) is 0 Å². The van der Waals surface area contributed by atoms with Gasteiger partial charge >= 0.3 is 0 Å². The third-order valence-electron chi connectivity index (χ3n) is 2.23. The summed E-state index contributed by atoms with van der Waals surface area (Å²) in [5, 5.41) is -0.657. The van der Waals surface area contributed by atoms with Crippen molar-refractivity contribution in [2.75, 3.05) is 26.3 Å². The zero-order valence-electron chi connectivity index (χ0n) is 9.39. The molecule has 1 heterocycles. The van der Waals surface area contributed by atoms with Crippen molar-refractivity contribution in [1.82, 2.24) is 4.90 Å². The first-order chi connectivity index (χ1) is 7.52. The van der Waals surface area contributed by atoms with Gasteiger partial charge in [0.15, 0.2) is 11.6 Å². The van der Waals surface area contributed by atoms with Gasteiger partial charge in [0.05, 0.1) is 13.2 Å². The molecule has 0 N–H and O–H groups in total. The van der Waals surface area contributed by atoms with E-state index in [2.05, 4.69) is 0 Å². The Morgan fingerprint density at radius 1 is 1.25 bits per heavy atom. The van der Waals surface area contributed by atoms with E-state index >= 15 is 0 Å². The van der Waals surface area contributed by atoms with Gasteiger partial charge in [0.1, 0.15) is 9.57 Å². The molecule has 0 spiro atoms. The van der Waals surface area contributed by atoms with Gasteiger partial charge in [-0.1, -0.05) is 24.0 Å². The van der Waals surface area contributed by atoms with Crippen molar-refractivity contribution < 1.29 is 14.3 Å². The van der Waals surface area contributed by atoms with Crippen LogP contribution >= 0.6 is 24.0 Å². The Morgan fingerprint density at radius 2 is 1.75 bits per heavy atom. The van der Waals surface area contributed by atoms with Crippen molar-refractivity contribution in [1.29, 1.82) is 0 Å². The van der Waals surface area contributed by atoms with Gasteiger partial charge in [-0.05, 0) is 13.8 Å². The number of carbonyl (C=O) groups is 2. The van der Waals surface area contributed by atoms with Crippen LogP contribution in [0.25, 0.3) is 0 Å². The quantitative estimate of drug-likeness (QED) is 0.555. The smallest absolute Gasteiger partial charge is 0.150 e. The average molecular weight is 261 g/mol. The number of carbonyl (C=O) groups excluding carboxylic acids is 2. The highest BCUT2D eigenvalue weighted by atomic mass is 32.2. The molecule has 0 bridgehead atoms. The van der Waals surface area contributed by atoms with E-state index in [0.717, 1.165) is 13.1 Å². The fourth-order valence-electron chi connectivity index (χ4n) is 1.37. The van der Waals surface area contributed by atoms with E-state index in [-0.39, 0.29) is 11.6 Å². The van der Waals surface area contributed by atoms with E-state index in [0.29, 0.717) is 17.5 Å². The second-order valence-corrected chi connectivity index (χ2v) is 5.32. The molecule has 1 aliphatic heterocycles. The van der Waals surface area contributed by atoms with Crippen LogP contribution < -0.4 is 0 Å². The van der Waals surface area contributed by atoms with E-state index < -0.39 is 5.25 Å². The van der Waals surface area contributed by atoms with Gasteiger partial charge in [-0.2, -0.15) is 0 Å². The minimum absolute atomic E-state index is 0.145. The van der Waals surface area contributed by atoms with Crippen LogP contribution in [0.1, 0.15) is 13.8 Å². The summed E-state index contributed by atoms with van der Waals surface area (Å²) in [6, 6.07) is 0. The first-order valence-corrected chi connectivity index (χ1v) is 6.35. The van der Waals surface area contributed by atoms with Crippen molar-refractivity contribution in [2.24, 2.45) is 0 Å². The molecule has 16 heavy (non-hydrogen) atoms. The highest BCUT2D eigenvalue weighted by Crippen LogP contribution is 2.19. The van der Waals surface area contributed by atoms with Crippen LogP contribution in [0.3, 0.4) is 0 Å². The van der Waals surface area contributed by atoms with E-state index in [1.807, 2.05) is 4.90 Å². The maximum Gasteiger partial charge on any atom is 0.150 e. The second-order valence-electron chi connectivity index (χ2n) is 3.58. The molecule has 1 rings (SSSR count). The lowest BCUT2D eigenvalue weighted by Gasteiger charge is -2.29. The van der Waals surface area contributed by atoms with Crippen molar-refractivity contribution >= 4 is 39.9 Å². The summed E-state index contributed by atoms with van der Waals surface area (Å²) < 4.78 is 5.82. The van der Waals surface area contributed by atoms with E-state index in [1.165, 1.54) is 25.6 Å². The predicted octanol–water partition coefficient (Wildman–Crippen LogP) is 0.883. The SMILES string of the molecule is CC(=O)C(SC(=S)N1CCOCC1)C(C)=O. The van der Waals surface area contributed by atoms with Crippen molar-refractivity contribution in [3.63, 3.8) is 0 Å². The number of rotatable bonds is 3. The highest BCUT2D eigenvalue weighted by molar-refractivity contribution is 8.24. The van der Waals surface area contributed by atoms with Crippen molar-refractivity contribution in [2.45, 2.75) is 19.1 Å². The number of hydrogen-bond acceptors (Lipinski definition) is 5. The van der Waals surface area contributed by atoms with Gasteiger partial charge in [-0.25, -0.2) is 0 Å². The second kappa shape index (κ2) is 6.32. The largest absolute Gasteiger partial charge is 0.378 e. The Labute approximate surface area is 105 Å². The summed E-state index contributed by atoms with van der Waals surface area (Å²) in [5.41, 5.74) is 0. The minimum Gasteiger partial charge on any atom is -0.378 e. The molecule has 0 aliphatic carbocycles. The van der Waals surface area contributed by atoms with Gasteiger partial charge in [0, 0.05) is 13.1 Å². The Morgan fingerprint density at radius 3 is 2.19 bits per heavy atom. The number of morpholine rings is 1. The number of thiocarbonyl (C=S) groups is 1. The molecule has 0 unspecified atom stereocenters. The lowest BCUT2D eigenvalue weighted by Crippen LogP contribution is -2.40. The monoisotopic (exact) mass is 261 g/mol. The number of hydrogen-bond donors (Lipinski definition) is 0. The average Bonchev–Trinajstić information content (AvgIpc) is 2.25. The molecule has 4 nitrogen and oxygen atoms in total. The molecule has 0 amide bonds. The predicted molar refractivity (Wildman–Crippen MR) is 67.7 cm³/mol. The van der Waals surface area contributed by atoms with Crippen LogP contribution in [-0.2, 0) is 14.3 Å². The zero-order chi connectivity index (χ0) is 12.1. The number of thioether (sulfide) groups is 1. The van der Waals surface area contributed by atoms with Crippen LogP contribution in [0.2, 0.25) is 0 Å². The number of ether oxygens (including phenoxy) is 1. The summed E-state index contributed by atoms with van der Waals surface area (Å²) in [6.45, 7) is 5.59. The third kappa shape index (κ3) is 3.84. The van der Waals surface area contributed by atoms with Crippen LogP contribution in [0.15, 0.2) is 0 Å². The normalized spacial score (nSPS) is 16.3. The summed E-state index contributed by atoms with van der Waals surface area (Å²) >= 11 is 6.39. The summed E-state index contributed by atoms with van der Waals surface area (Å²) in [7, 11) is 0. The standard InChI is InChI=1S/C10H15NO3S2/c1-7(12)9(8(2)13)16-10(15)11-3-5-14-6-4-11/h9H,3-6H2,1-2H3. The molecule has 0 atom stereocenters. The lowest BCUT2D eigenvalue weighted by molar-refractivity contribution is -0.123. The maximum atomic E-state index is 11.3. The zero-order valence-corrected chi connectivity index (χ0v) is 11.0. The van der Waals surface area contributed by atoms with Crippen LogP contribution in [0.4, 0.5) is 0 Å². The molecule has 0 aromatic heterocycles. The highest BCUT2D eigenvalue weighted by Gasteiger charge is 2.25. The third-order valence-corrected chi connectivity index (χ3v) is 4.13. The first-order valence-electron chi connectivity index (χ1n) is 5.06. The molecule has 1 fully saturated rings. The van der Waals surface area contributed by atoms with Gasteiger partial charge in [0.2, 0.25) is 0 Å². The molecule has 0 aromatic carbocycles. The first kappa shape index (κ1) is 13.6. The summed E-state index contributed by atoms with van der Waals surface area (Å²) in [6.07, 6.45) is 0. The lowest BCUT2D eigenvalue weighted by atomic mass is 10.2. The molecular weight excluding hydrogens is 246 g/mol. The van der Waals surface area contributed by atoms with Gasteiger partial charge in [0.25, 0.3) is 0 Å².